The van der Waals surface area contributed by atoms with Crippen LogP contribution >= 0.6 is 15.9 Å². The maximum Gasteiger partial charge on any atom is 0.0410 e. The molecular weight excluding hydrogens is 302 g/mol. The van der Waals surface area contributed by atoms with Gasteiger partial charge in [0.1, 0.15) is 0 Å². The number of nitrogens with zero attached hydrogens (tertiary/aromatic N) is 2. The highest BCUT2D eigenvalue weighted by Crippen LogP contribution is 2.23. The van der Waals surface area contributed by atoms with E-state index in [9.17, 15) is 0 Å². The summed E-state index contributed by atoms with van der Waals surface area (Å²) < 4.78 is 1.14. The predicted molar refractivity (Wildman–Crippen MR) is 88.0 cm³/mol. The summed E-state index contributed by atoms with van der Waals surface area (Å²) >= 11 is 3.56. The molecule has 0 unspecified atom stereocenters. The van der Waals surface area contributed by atoms with Crippen LogP contribution < -0.4 is 10.2 Å². The molecule has 1 rings (SSSR count). The Morgan fingerprint density at radius 2 is 1.89 bits per heavy atom. The summed E-state index contributed by atoms with van der Waals surface area (Å²) in [6, 6.07) is 6.53. The Bertz CT molecular complexity index is 380. The number of halogens is 1. The molecule has 108 valence electrons. The molecule has 0 radical (unpaired) electrons. The van der Waals surface area contributed by atoms with Crippen LogP contribution in [0.3, 0.4) is 0 Å². The summed E-state index contributed by atoms with van der Waals surface area (Å²) in [6.07, 6.45) is 1.17. The number of likely N-dealkylation sites (N-methyl/N-ethyl adjacent to an activating group) is 2. The van der Waals surface area contributed by atoms with Crippen molar-refractivity contribution in [3.05, 3.63) is 28.2 Å². The number of hydrogen-bond donors (Lipinski definition) is 1. The van der Waals surface area contributed by atoms with E-state index in [0.717, 1.165) is 30.7 Å². The first-order valence-corrected chi connectivity index (χ1v) is 7.69. The Kier molecular flexibility index (Phi) is 7.42. The molecule has 0 aromatic heterocycles. The molecule has 0 heterocycles. The number of rotatable bonds is 8. The largest absolute Gasteiger partial charge is 0.373 e. The van der Waals surface area contributed by atoms with Gasteiger partial charge in [-0.2, -0.15) is 0 Å². The lowest BCUT2D eigenvalue weighted by molar-refractivity contribution is 0.416. The van der Waals surface area contributed by atoms with Crippen LogP contribution in [-0.4, -0.2) is 45.7 Å². The average Bonchev–Trinajstić information content (AvgIpc) is 2.36. The highest BCUT2D eigenvalue weighted by atomic mass is 79.9. The quantitative estimate of drug-likeness (QED) is 0.740. The summed E-state index contributed by atoms with van der Waals surface area (Å²) in [6.45, 7) is 6.28. The zero-order chi connectivity index (χ0) is 14.3. The second-order valence-electron chi connectivity index (χ2n) is 5.17. The predicted octanol–water partition coefficient (Wildman–Crippen LogP) is 2.95. The van der Waals surface area contributed by atoms with Crippen LogP contribution in [0.5, 0.6) is 0 Å². The van der Waals surface area contributed by atoms with Gasteiger partial charge in [-0.15, -0.1) is 0 Å². The van der Waals surface area contributed by atoms with E-state index in [0.29, 0.717) is 0 Å². The molecule has 0 spiro atoms. The fraction of sp³-hybridized carbons (Fsp3) is 0.600. The van der Waals surface area contributed by atoms with Crippen molar-refractivity contribution in [2.24, 2.45) is 0 Å². The van der Waals surface area contributed by atoms with Gasteiger partial charge in [0.15, 0.2) is 0 Å². The van der Waals surface area contributed by atoms with E-state index < -0.39 is 0 Å². The third-order valence-electron chi connectivity index (χ3n) is 3.08. The molecule has 1 N–H and O–H groups in total. The lowest BCUT2D eigenvalue weighted by Crippen LogP contribution is -2.29. The third kappa shape index (κ3) is 5.93. The zero-order valence-corrected chi connectivity index (χ0v) is 14.1. The molecule has 0 aliphatic rings. The minimum Gasteiger partial charge on any atom is -0.373 e. The van der Waals surface area contributed by atoms with Gasteiger partial charge in [0.25, 0.3) is 0 Å². The summed E-state index contributed by atoms with van der Waals surface area (Å²) in [5.41, 5.74) is 2.66. The lowest BCUT2D eigenvalue weighted by Gasteiger charge is -2.24. The smallest absolute Gasteiger partial charge is 0.0410 e. The second-order valence-corrected chi connectivity index (χ2v) is 6.09. The van der Waals surface area contributed by atoms with E-state index in [1.165, 1.54) is 17.7 Å². The van der Waals surface area contributed by atoms with Crippen molar-refractivity contribution in [2.75, 3.05) is 45.7 Å². The first-order chi connectivity index (χ1) is 9.04. The van der Waals surface area contributed by atoms with Crippen LogP contribution in [0.15, 0.2) is 22.7 Å². The van der Waals surface area contributed by atoms with Gasteiger partial charge >= 0.3 is 0 Å². The van der Waals surface area contributed by atoms with E-state index in [2.05, 4.69) is 77.3 Å². The first kappa shape index (κ1) is 16.5. The average molecular weight is 328 g/mol. The van der Waals surface area contributed by atoms with Crippen molar-refractivity contribution < 1.29 is 0 Å². The van der Waals surface area contributed by atoms with Crippen molar-refractivity contribution in [1.82, 2.24) is 10.2 Å². The maximum atomic E-state index is 3.56. The minimum atomic E-state index is 0.926. The number of nitrogens with one attached hydrogen (secondary N) is 1. The molecule has 0 saturated heterocycles. The Labute approximate surface area is 126 Å². The first-order valence-electron chi connectivity index (χ1n) is 6.89. The molecule has 3 nitrogen and oxygen atoms in total. The Balaban J connectivity index is 2.74. The van der Waals surface area contributed by atoms with Crippen LogP contribution in [0.2, 0.25) is 0 Å². The molecule has 0 aliphatic carbocycles. The van der Waals surface area contributed by atoms with Crippen LogP contribution in [-0.2, 0) is 6.54 Å². The van der Waals surface area contributed by atoms with Gasteiger partial charge < -0.3 is 15.1 Å². The van der Waals surface area contributed by atoms with E-state index in [-0.39, 0.29) is 0 Å². The number of benzene rings is 1. The van der Waals surface area contributed by atoms with Gasteiger partial charge in [-0.25, -0.2) is 0 Å². The number of anilines is 1. The molecule has 1 aromatic carbocycles. The van der Waals surface area contributed by atoms with Gasteiger partial charge in [0.2, 0.25) is 0 Å². The Morgan fingerprint density at radius 1 is 1.16 bits per heavy atom. The normalized spacial score (nSPS) is 11.1. The Morgan fingerprint density at radius 3 is 2.53 bits per heavy atom. The van der Waals surface area contributed by atoms with E-state index in [1.807, 2.05) is 0 Å². The standard InChI is InChI=1S/C15H26BrN3/c1-5-8-17-12-13-11-14(16)6-7-15(13)19(4)10-9-18(2)3/h6-7,11,17H,5,8-10,12H2,1-4H3. The molecule has 0 bridgehead atoms. The molecular formula is C15H26BrN3. The summed E-state index contributed by atoms with van der Waals surface area (Å²) in [5, 5.41) is 3.48. The number of hydrogen-bond acceptors (Lipinski definition) is 3. The van der Waals surface area contributed by atoms with E-state index >= 15 is 0 Å². The van der Waals surface area contributed by atoms with Crippen molar-refractivity contribution in [1.29, 1.82) is 0 Å². The fourth-order valence-corrected chi connectivity index (χ4v) is 2.35. The summed E-state index contributed by atoms with van der Waals surface area (Å²) in [4.78, 5) is 4.54. The maximum absolute atomic E-state index is 3.56. The lowest BCUT2D eigenvalue weighted by atomic mass is 10.1. The van der Waals surface area contributed by atoms with Gasteiger partial charge in [-0.05, 0) is 50.8 Å². The fourth-order valence-electron chi connectivity index (χ4n) is 1.94. The SMILES string of the molecule is CCCNCc1cc(Br)ccc1N(C)CCN(C)C. The van der Waals surface area contributed by atoms with Crippen LogP contribution in [0.1, 0.15) is 18.9 Å². The third-order valence-corrected chi connectivity index (χ3v) is 3.57. The molecule has 0 atom stereocenters. The van der Waals surface area contributed by atoms with Crippen molar-refractivity contribution in [2.45, 2.75) is 19.9 Å². The van der Waals surface area contributed by atoms with E-state index in [1.54, 1.807) is 0 Å². The van der Waals surface area contributed by atoms with Gasteiger partial charge in [-0.1, -0.05) is 22.9 Å². The molecule has 4 heteroatoms. The molecule has 0 amide bonds. The minimum absolute atomic E-state index is 0.926. The van der Waals surface area contributed by atoms with Crippen molar-refractivity contribution in [3.63, 3.8) is 0 Å². The highest BCUT2D eigenvalue weighted by Gasteiger charge is 2.08. The van der Waals surface area contributed by atoms with Gasteiger partial charge in [-0.3, -0.25) is 0 Å². The zero-order valence-electron chi connectivity index (χ0n) is 12.5. The topological polar surface area (TPSA) is 18.5 Å². The van der Waals surface area contributed by atoms with Crippen LogP contribution in [0, 0.1) is 0 Å². The molecule has 0 saturated carbocycles. The second kappa shape index (κ2) is 8.56. The monoisotopic (exact) mass is 327 g/mol. The molecule has 19 heavy (non-hydrogen) atoms. The van der Waals surface area contributed by atoms with Crippen LogP contribution in [0.25, 0.3) is 0 Å². The molecule has 0 fully saturated rings. The van der Waals surface area contributed by atoms with Crippen molar-refractivity contribution >= 4 is 21.6 Å². The highest BCUT2D eigenvalue weighted by molar-refractivity contribution is 9.10. The molecule has 1 aromatic rings. The summed E-state index contributed by atoms with van der Waals surface area (Å²) in [7, 11) is 6.38. The van der Waals surface area contributed by atoms with E-state index in [4.69, 9.17) is 0 Å². The van der Waals surface area contributed by atoms with Crippen LogP contribution in [0.4, 0.5) is 5.69 Å². The van der Waals surface area contributed by atoms with Gasteiger partial charge in [0.05, 0.1) is 0 Å². The van der Waals surface area contributed by atoms with Crippen molar-refractivity contribution in [3.8, 4) is 0 Å². The summed E-state index contributed by atoms with van der Waals surface area (Å²) in [5.74, 6) is 0. The molecule has 0 aliphatic heterocycles. The van der Waals surface area contributed by atoms with Gasteiger partial charge in [0, 0.05) is 36.8 Å². The Hall–Kier alpha value is -0.580.